The van der Waals surface area contributed by atoms with Crippen molar-refractivity contribution in [2.75, 3.05) is 26.8 Å². The first-order valence-corrected chi connectivity index (χ1v) is 7.26. The van der Waals surface area contributed by atoms with Crippen molar-refractivity contribution < 1.29 is 4.74 Å². The molecule has 2 atom stereocenters. The van der Waals surface area contributed by atoms with Crippen molar-refractivity contribution in [3.8, 4) is 0 Å². The van der Waals surface area contributed by atoms with Gasteiger partial charge in [-0.05, 0) is 42.9 Å². The Labute approximate surface area is 114 Å². The fraction of sp³-hybridized carbons (Fsp3) is 0.857. The smallest absolute Gasteiger partial charge is 0.0833 e. The Kier molecular flexibility index (Phi) is 3.58. The van der Waals surface area contributed by atoms with Gasteiger partial charge in [-0.25, -0.2) is 0 Å². The maximum absolute atomic E-state index is 5.10. The van der Waals surface area contributed by atoms with E-state index in [0.29, 0.717) is 5.41 Å². The molecule has 2 unspecified atom stereocenters. The molecule has 2 saturated carbocycles. The molecule has 1 N–H and O–H groups in total. The third-order valence-electron chi connectivity index (χ3n) is 4.65. The standard InChI is InChI=1S/C14H24N4O/c1-18-9-13(16-17-18)8-14(10-15-3-4-19-2)6-11-5-12(11)7-14/h9,11-12,15H,3-8,10H2,1-2H3. The molecule has 106 valence electrons. The summed E-state index contributed by atoms with van der Waals surface area (Å²) in [4.78, 5) is 0. The second-order valence-electron chi connectivity index (χ2n) is 6.39. The largest absolute Gasteiger partial charge is 0.383 e. The first-order chi connectivity index (χ1) is 9.21. The Morgan fingerprint density at radius 2 is 2.26 bits per heavy atom. The van der Waals surface area contributed by atoms with Crippen molar-refractivity contribution in [3.63, 3.8) is 0 Å². The van der Waals surface area contributed by atoms with Gasteiger partial charge in [0.2, 0.25) is 0 Å². The minimum atomic E-state index is 0.400. The average molecular weight is 264 g/mol. The molecule has 0 aromatic carbocycles. The van der Waals surface area contributed by atoms with E-state index in [0.717, 1.165) is 43.6 Å². The molecule has 0 radical (unpaired) electrons. The summed E-state index contributed by atoms with van der Waals surface area (Å²) in [6.45, 7) is 2.81. The highest BCUT2D eigenvalue weighted by Gasteiger charge is 2.53. The predicted molar refractivity (Wildman–Crippen MR) is 72.7 cm³/mol. The van der Waals surface area contributed by atoms with Crippen LogP contribution in [0.1, 0.15) is 25.0 Å². The van der Waals surface area contributed by atoms with Gasteiger partial charge in [0.1, 0.15) is 0 Å². The van der Waals surface area contributed by atoms with Gasteiger partial charge in [0.25, 0.3) is 0 Å². The van der Waals surface area contributed by atoms with Gasteiger partial charge < -0.3 is 10.1 Å². The van der Waals surface area contributed by atoms with Crippen LogP contribution in [0.25, 0.3) is 0 Å². The minimum absolute atomic E-state index is 0.400. The molecule has 2 fully saturated rings. The predicted octanol–water partition coefficient (Wildman–Crippen LogP) is 1.01. The van der Waals surface area contributed by atoms with E-state index in [9.17, 15) is 0 Å². The quantitative estimate of drug-likeness (QED) is 0.747. The number of ether oxygens (including phenoxy) is 1. The van der Waals surface area contributed by atoms with Crippen LogP contribution in [-0.2, 0) is 18.2 Å². The average Bonchev–Trinajstić information content (AvgIpc) is 2.81. The maximum atomic E-state index is 5.10. The van der Waals surface area contributed by atoms with Gasteiger partial charge in [-0.15, -0.1) is 5.10 Å². The Morgan fingerprint density at radius 3 is 2.89 bits per heavy atom. The van der Waals surface area contributed by atoms with Crippen LogP contribution >= 0.6 is 0 Å². The van der Waals surface area contributed by atoms with Crippen LogP contribution in [0.3, 0.4) is 0 Å². The lowest BCUT2D eigenvalue weighted by atomic mass is 9.78. The summed E-state index contributed by atoms with van der Waals surface area (Å²) in [6.07, 6.45) is 7.29. The Bertz CT molecular complexity index is 421. The molecule has 5 heteroatoms. The van der Waals surface area contributed by atoms with Crippen molar-refractivity contribution in [1.82, 2.24) is 20.3 Å². The lowest BCUT2D eigenvalue weighted by Crippen LogP contribution is -2.36. The van der Waals surface area contributed by atoms with Gasteiger partial charge in [0.05, 0.1) is 12.3 Å². The summed E-state index contributed by atoms with van der Waals surface area (Å²) in [7, 11) is 3.69. The molecule has 0 aliphatic heterocycles. The van der Waals surface area contributed by atoms with Crippen molar-refractivity contribution >= 4 is 0 Å². The number of aromatic nitrogens is 3. The van der Waals surface area contributed by atoms with Gasteiger partial charge in [-0.3, -0.25) is 4.68 Å². The van der Waals surface area contributed by atoms with Crippen molar-refractivity contribution in [2.45, 2.75) is 25.7 Å². The first-order valence-electron chi connectivity index (χ1n) is 7.26. The molecule has 0 saturated heterocycles. The fourth-order valence-electron chi connectivity index (χ4n) is 3.75. The molecule has 19 heavy (non-hydrogen) atoms. The third kappa shape index (κ3) is 2.98. The third-order valence-corrected chi connectivity index (χ3v) is 4.65. The number of hydrogen-bond acceptors (Lipinski definition) is 4. The van der Waals surface area contributed by atoms with Crippen LogP contribution in [0.5, 0.6) is 0 Å². The van der Waals surface area contributed by atoms with E-state index in [2.05, 4.69) is 21.8 Å². The van der Waals surface area contributed by atoms with Gasteiger partial charge >= 0.3 is 0 Å². The highest BCUT2D eigenvalue weighted by Crippen LogP contribution is 2.60. The number of nitrogens with one attached hydrogen (secondary N) is 1. The lowest BCUT2D eigenvalue weighted by molar-refractivity contribution is 0.186. The monoisotopic (exact) mass is 264 g/mol. The number of fused-ring (bicyclic) bond motifs is 1. The van der Waals surface area contributed by atoms with Crippen LogP contribution in [0, 0.1) is 17.3 Å². The van der Waals surface area contributed by atoms with Gasteiger partial charge in [0, 0.05) is 33.4 Å². The summed E-state index contributed by atoms with van der Waals surface area (Å²) >= 11 is 0. The number of aryl methyl sites for hydroxylation is 1. The molecule has 1 aromatic rings. The summed E-state index contributed by atoms with van der Waals surface area (Å²) in [5.41, 5.74) is 1.54. The molecular formula is C14H24N4O. The van der Waals surface area contributed by atoms with Crippen LogP contribution in [-0.4, -0.2) is 41.8 Å². The molecule has 0 amide bonds. The summed E-state index contributed by atoms with van der Waals surface area (Å²) in [5, 5.41) is 11.9. The molecule has 5 nitrogen and oxygen atoms in total. The molecular weight excluding hydrogens is 240 g/mol. The number of nitrogens with zero attached hydrogens (tertiary/aromatic N) is 3. The molecule has 0 bridgehead atoms. The Morgan fingerprint density at radius 1 is 1.47 bits per heavy atom. The SMILES string of the molecule is COCCNCC1(Cc2cn(C)nn2)CC2CC2C1. The minimum Gasteiger partial charge on any atom is -0.383 e. The zero-order valence-electron chi connectivity index (χ0n) is 11.9. The van der Waals surface area contributed by atoms with E-state index in [1.807, 2.05) is 7.05 Å². The van der Waals surface area contributed by atoms with E-state index in [4.69, 9.17) is 4.74 Å². The molecule has 0 spiro atoms. The zero-order chi connectivity index (χ0) is 13.3. The Balaban J connectivity index is 1.60. The molecule has 1 heterocycles. The number of methoxy groups -OCH3 is 1. The van der Waals surface area contributed by atoms with Crippen molar-refractivity contribution in [3.05, 3.63) is 11.9 Å². The van der Waals surface area contributed by atoms with Crippen LogP contribution in [0.15, 0.2) is 6.20 Å². The molecule has 2 aliphatic rings. The van der Waals surface area contributed by atoms with Crippen molar-refractivity contribution in [2.24, 2.45) is 24.3 Å². The van der Waals surface area contributed by atoms with Gasteiger partial charge in [-0.1, -0.05) is 5.21 Å². The number of hydrogen-bond donors (Lipinski definition) is 1. The molecule has 3 rings (SSSR count). The highest BCUT2D eigenvalue weighted by molar-refractivity contribution is 5.09. The van der Waals surface area contributed by atoms with Crippen LogP contribution < -0.4 is 5.32 Å². The second kappa shape index (κ2) is 5.21. The van der Waals surface area contributed by atoms with Gasteiger partial charge in [0.15, 0.2) is 0 Å². The highest BCUT2D eigenvalue weighted by atomic mass is 16.5. The Hall–Kier alpha value is -0.940. The second-order valence-corrected chi connectivity index (χ2v) is 6.39. The number of rotatable bonds is 7. The summed E-state index contributed by atoms with van der Waals surface area (Å²) < 4.78 is 6.91. The zero-order valence-corrected chi connectivity index (χ0v) is 11.9. The van der Waals surface area contributed by atoms with E-state index < -0.39 is 0 Å². The van der Waals surface area contributed by atoms with E-state index >= 15 is 0 Å². The van der Waals surface area contributed by atoms with Crippen molar-refractivity contribution in [1.29, 1.82) is 0 Å². The van der Waals surface area contributed by atoms with E-state index in [1.54, 1.807) is 11.8 Å². The summed E-state index contributed by atoms with van der Waals surface area (Å²) in [6, 6.07) is 0. The fourth-order valence-corrected chi connectivity index (χ4v) is 3.75. The molecule has 2 aliphatic carbocycles. The lowest BCUT2D eigenvalue weighted by Gasteiger charge is -2.30. The van der Waals surface area contributed by atoms with E-state index in [-0.39, 0.29) is 0 Å². The van der Waals surface area contributed by atoms with Crippen LogP contribution in [0.4, 0.5) is 0 Å². The summed E-state index contributed by atoms with van der Waals surface area (Å²) in [5.74, 6) is 1.97. The van der Waals surface area contributed by atoms with E-state index in [1.165, 1.54) is 19.3 Å². The van der Waals surface area contributed by atoms with Crippen LogP contribution in [0.2, 0.25) is 0 Å². The topological polar surface area (TPSA) is 52.0 Å². The maximum Gasteiger partial charge on any atom is 0.0833 e. The first kappa shape index (κ1) is 13.1. The normalized spacial score (nSPS) is 32.5. The molecule has 1 aromatic heterocycles. The van der Waals surface area contributed by atoms with Gasteiger partial charge in [-0.2, -0.15) is 0 Å².